The highest BCUT2D eigenvalue weighted by Gasteiger charge is 2.13. The number of amides is 1. The lowest BCUT2D eigenvalue weighted by atomic mass is 10.0. The van der Waals surface area contributed by atoms with Crippen LogP contribution in [0.25, 0.3) is 22.5 Å². The Morgan fingerprint density at radius 2 is 1.97 bits per heavy atom. The van der Waals surface area contributed by atoms with Gasteiger partial charge in [0, 0.05) is 47.5 Å². The minimum Gasteiger partial charge on any atom is -0.493 e. The molecule has 1 aromatic carbocycles. The molecule has 0 atom stereocenters. The highest BCUT2D eigenvalue weighted by molar-refractivity contribution is 7.17. The number of pyridine rings is 2. The molecule has 2 N–H and O–H groups in total. The third-order valence-electron chi connectivity index (χ3n) is 5.28. The van der Waals surface area contributed by atoms with Crippen LogP contribution < -0.4 is 10.9 Å². The van der Waals surface area contributed by atoms with Gasteiger partial charge in [0.2, 0.25) is 5.88 Å². The number of nitrogens with zero attached hydrogens (tertiary/aromatic N) is 4. The molecule has 0 aliphatic heterocycles. The summed E-state index contributed by atoms with van der Waals surface area (Å²) in [4.78, 5) is 33.6. The zero-order chi connectivity index (χ0) is 24.4. The number of rotatable bonds is 6. The number of carbonyl (C=O) groups is 1. The second-order valence-corrected chi connectivity index (χ2v) is 9.29. The second kappa shape index (κ2) is 9.57. The van der Waals surface area contributed by atoms with Gasteiger partial charge in [-0.15, -0.1) is 11.3 Å². The molecule has 0 saturated carbocycles. The van der Waals surface area contributed by atoms with Crippen molar-refractivity contribution in [2.75, 3.05) is 0 Å². The Balaban J connectivity index is 1.48. The number of imidazole rings is 1. The molecule has 5 aromatic rings. The van der Waals surface area contributed by atoms with E-state index in [1.54, 1.807) is 53.6 Å². The minimum absolute atomic E-state index is 0.0848. The van der Waals surface area contributed by atoms with Crippen LogP contribution in [0.4, 0.5) is 0 Å². The minimum atomic E-state index is -0.218. The quantitative estimate of drug-likeness (QED) is 0.357. The van der Waals surface area contributed by atoms with Gasteiger partial charge < -0.3 is 15.0 Å². The standard InChI is InChI=1S/C25H18ClN5O3S/c26-22-8-7-21(35-22)25(34)28-13-17-14-30(15-29-17)20-6-5-18(31-10-2-1-3-24(31)33)11-19(20)16-4-9-23(32)27-12-16/h1-12,14-15H,13H2,(H,27,32)(H,28,34). The molecule has 1 amide bonds. The second-order valence-electron chi connectivity index (χ2n) is 7.57. The molecule has 8 nitrogen and oxygen atoms in total. The van der Waals surface area contributed by atoms with Crippen LogP contribution in [0.5, 0.6) is 5.88 Å². The number of halogens is 1. The van der Waals surface area contributed by atoms with Crippen LogP contribution in [0.2, 0.25) is 4.34 Å². The van der Waals surface area contributed by atoms with E-state index in [1.165, 1.54) is 23.5 Å². The van der Waals surface area contributed by atoms with Crippen molar-refractivity contribution in [2.24, 2.45) is 0 Å². The summed E-state index contributed by atoms with van der Waals surface area (Å²) >= 11 is 7.13. The highest BCUT2D eigenvalue weighted by Crippen LogP contribution is 2.29. The molecule has 0 unspecified atom stereocenters. The lowest BCUT2D eigenvalue weighted by molar-refractivity contribution is 0.0954. The smallest absolute Gasteiger partial charge is 0.261 e. The highest BCUT2D eigenvalue weighted by atomic mass is 35.5. The van der Waals surface area contributed by atoms with Crippen LogP contribution in [0.1, 0.15) is 15.4 Å². The molecular weight excluding hydrogens is 486 g/mol. The van der Waals surface area contributed by atoms with Gasteiger partial charge in [0.1, 0.15) is 0 Å². The Morgan fingerprint density at radius 1 is 1.09 bits per heavy atom. The molecule has 4 heterocycles. The number of nitrogens with one attached hydrogen (secondary N) is 1. The summed E-state index contributed by atoms with van der Waals surface area (Å²) in [7, 11) is 0. The van der Waals surface area contributed by atoms with Crippen molar-refractivity contribution in [1.29, 1.82) is 0 Å². The maximum Gasteiger partial charge on any atom is 0.261 e. The molecule has 4 aromatic heterocycles. The predicted octanol–water partition coefficient (Wildman–Crippen LogP) is 4.44. The van der Waals surface area contributed by atoms with Crippen LogP contribution in [-0.2, 0) is 6.54 Å². The monoisotopic (exact) mass is 503 g/mol. The summed E-state index contributed by atoms with van der Waals surface area (Å²) in [6.45, 7) is 0.245. The number of carbonyl (C=O) groups excluding carboxylic acids is 1. The van der Waals surface area contributed by atoms with Crippen molar-refractivity contribution >= 4 is 28.8 Å². The summed E-state index contributed by atoms with van der Waals surface area (Å²) in [5, 5.41) is 12.5. The van der Waals surface area contributed by atoms with Crippen molar-refractivity contribution in [3.8, 4) is 28.4 Å². The third kappa shape index (κ3) is 4.86. The van der Waals surface area contributed by atoms with Gasteiger partial charge in [0.25, 0.3) is 11.5 Å². The fourth-order valence-electron chi connectivity index (χ4n) is 3.60. The fourth-order valence-corrected chi connectivity index (χ4v) is 4.56. The Morgan fingerprint density at radius 3 is 2.71 bits per heavy atom. The summed E-state index contributed by atoms with van der Waals surface area (Å²) < 4.78 is 3.94. The maximum atomic E-state index is 12.4. The Kier molecular flexibility index (Phi) is 6.17. The van der Waals surface area contributed by atoms with Gasteiger partial charge in [0.05, 0.1) is 33.5 Å². The molecule has 0 bridgehead atoms. The first kappa shape index (κ1) is 22.6. The Bertz CT molecular complexity index is 1570. The SMILES string of the molecule is O=C(NCc1cn(-c2ccc(-n3ccccc3=O)cc2-c2ccc(O)nc2)cn1)c1ccc(Cl)s1. The van der Waals surface area contributed by atoms with E-state index in [0.717, 1.165) is 16.8 Å². The largest absolute Gasteiger partial charge is 0.493 e. The van der Waals surface area contributed by atoms with E-state index in [1.807, 2.05) is 29.0 Å². The molecule has 174 valence electrons. The van der Waals surface area contributed by atoms with E-state index < -0.39 is 0 Å². The summed E-state index contributed by atoms with van der Waals surface area (Å²) in [6, 6.07) is 17.2. The normalized spacial score (nSPS) is 10.9. The van der Waals surface area contributed by atoms with Crippen LogP contribution in [0, 0.1) is 0 Å². The van der Waals surface area contributed by atoms with Gasteiger partial charge in [-0.05, 0) is 42.5 Å². The molecule has 5 rings (SSSR count). The first-order valence-electron chi connectivity index (χ1n) is 10.5. The zero-order valence-corrected chi connectivity index (χ0v) is 19.7. The number of hydrogen-bond acceptors (Lipinski definition) is 6. The molecule has 0 aliphatic rings. The first-order chi connectivity index (χ1) is 17.0. The molecule has 0 radical (unpaired) electrons. The maximum absolute atomic E-state index is 12.4. The average Bonchev–Trinajstić information content (AvgIpc) is 3.52. The van der Waals surface area contributed by atoms with Gasteiger partial charge in [0.15, 0.2) is 0 Å². The molecular formula is C25H18ClN5O3S. The van der Waals surface area contributed by atoms with Gasteiger partial charge in [-0.2, -0.15) is 0 Å². The van der Waals surface area contributed by atoms with Crippen molar-refractivity contribution in [3.05, 3.63) is 111 Å². The molecule has 35 heavy (non-hydrogen) atoms. The zero-order valence-electron chi connectivity index (χ0n) is 18.1. The summed E-state index contributed by atoms with van der Waals surface area (Å²) in [6.07, 6.45) is 6.75. The van der Waals surface area contributed by atoms with E-state index in [2.05, 4.69) is 15.3 Å². The molecule has 0 fully saturated rings. The Labute approximate surface area is 208 Å². The van der Waals surface area contributed by atoms with Gasteiger partial charge in [-0.25, -0.2) is 9.97 Å². The van der Waals surface area contributed by atoms with Gasteiger partial charge >= 0.3 is 0 Å². The van der Waals surface area contributed by atoms with E-state index in [0.29, 0.717) is 20.6 Å². The van der Waals surface area contributed by atoms with Crippen molar-refractivity contribution < 1.29 is 9.90 Å². The van der Waals surface area contributed by atoms with Crippen molar-refractivity contribution in [3.63, 3.8) is 0 Å². The average molecular weight is 504 g/mol. The predicted molar refractivity (Wildman–Crippen MR) is 135 cm³/mol. The lowest BCUT2D eigenvalue weighted by Gasteiger charge is -2.14. The van der Waals surface area contributed by atoms with E-state index in [4.69, 9.17) is 11.6 Å². The summed E-state index contributed by atoms with van der Waals surface area (Å²) in [5.74, 6) is -0.302. The van der Waals surface area contributed by atoms with Crippen LogP contribution in [0.3, 0.4) is 0 Å². The van der Waals surface area contributed by atoms with Crippen LogP contribution >= 0.6 is 22.9 Å². The van der Waals surface area contributed by atoms with Crippen molar-refractivity contribution in [1.82, 2.24) is 24.4 Å². The first-order valence-corrected chi connectivity index (χ1v) is 11.7. The van der Waals surface area contributed by atoms with E-state index in [9.17, 15) is 14.7 Å². The molecule has 0 aliphatic carbocycles. The van der Waals surface area contributed by atoms with Crippen LogP contribution in [0.15, 0.2) is 90.4 Å². The van der Waals surface area contributed by atoms with Crippen molar-refractivity contribution in [2.45, 2.75) is 6.54 Å². The Hall–Kier alpha value is -4.21. The van der Waals surface area contributed by atoms with Gasteiger partial charge in [-0.1, -0.05) is 17.7 Å². The third-order valence-corrected chi connectivity index (χ3v) is 6.51. The molecule has 10 heteroatoms. The fraction of sp³-hybridized carbons (Fsp3) is 0.0400. The number of thiophene rings is 1. The number of hydrogen-bond donors (Lipinski definition) is 2. The number of aromatic nitrogens is 4. The summed E-state index contributed by atoms with van der Waals surface area (Å²) in [5.41, 5.74) is 3.53. The topological polar surface area (TPSA) is 102 Å². The molecule has 0 saturated heterocycles. The van der Waals surface area contributed by atoms with E-state index >= 15 is 0 Å². The van der Waals surface area contributed by atoms with Gasteiger partial charge in [-0.3, -0.25) is 14.2 Å². The van der Waals surface area contributed by atoms with Crippen LogP contribution in [-0.4, -0.2) is 30.1 Å². The number of benzene rings is 1. The van der Waals surface area contributed by atoms with E-state index in [-0.39, 0.29) is 23.9 Å². The number of aromatic hydroxyl groups is 1. The molecule has 0 spiro atoms. The lowest BCUT2D eigenvalue weighted by Crippen LogP contribution is -2.21.